The predicted octanol–water partition coefficient (Wildman–Crippen LogP) is 2.93. The normalized spacial score (nSPS) is 17.7. The van der Waals surface area contributed by atoms with Gasteiger partial charge in [0, 0.05) is 11.3 Å². The number of aryl methyl sites for hydroxylation is 1. The molecule has 0 radical (unpaired) electrons. The van der Waals surface area contributed by atoms with E-state index < -0.39 is 0 Å². The van der Waals surface area contributed by atoms with Crippen LogP contribution in [0.25, 0.3) is 0 Å². The summed E-state index contributed by atoms with van der Waals surface area (Å²) in [6.45, 7) is 7.21. The SMILES string of the molecule is CCNCCC1(OCCc2scnc2C)CCC1. The van der Waals surface area contributed by atoms with Crippen LogP contribution < -0.4 is 5.32 Å². The molecular formula is C14H24N2OS. The number of hydrogen-bond donors (Lipinski definition) is 1. The van der Waals surface area contributed by atoms with E-state index in [2.05, 4.69) is 24.1 Å². The minimum absolute atomic E-state index is 0.181. The summed E-state index contributed by atoms with van der Waals surface area (Å²) in [5.41, 5.74) is 3.27. The number of thiazole rings is 1. The molecule has 1 aliphatic rings. The largest absolute Gasteiger partial charge is 0.375 e. The second kappa shape index (κ2) is 6.64. The molecular weight excluding hydrogens is 244 g/mol. The first-order valence-corrected chi connectivity index (χ1v) is 7.87. The molecule has 0 aromatic carbocycles. The van der Waals surface area contributed by atoms with Crippen LogP contribution in [0.15, 0.2) is 5.51 Å². The Morgan fingerprint density at radius 3 is 2.89 bits per heavy atom. The molecule has 0 aliphatic heterocycles. The van der Waals surface area contributed by atoms with Crippen molar-refractivity contribution < 1.29 is 4.74 Å². The Hall–Kier alpha value is -0.450. The van der Waals surface area contributed by atoms with Gasteiger partial charge in [-0.1, -0.05) is 6.92 Å². The molecule has 4 heteroatoms. The van der Waals surface area contributed by atoms with Gasteiger partial charge in [0.15, 0.2) is 0 Å². The molecule has 0 amide bonds. The zero-order chi connectivity index (χ0) is 12.8. The maximum atomic E-state index is 6.18. The van der Waals surface area contributed by atoms with Crippen molar-refractivity contribution in [2.45, 2.75) is 51.6 Å². The summed E-state index contributed by atoms with van der Waals surface area (Å²) in [5.74, 6) is 0. The molecule has 0 unspecified atom stereocenters. The Morgan fingerprint density at radius 1 is 1.50 bits per heavy atom. The van der Waals surface area contributed by atoms with E-state index in [1.165, 1.54) is 29.8 Å². The smallest absolute Gasteiger partial charge is 0.0797 e. The molecule has 1 aromatic rings. The molecule has 1 aromatic heterocycles. The molecule has 1 N–H and O–H groups in total. The zero-order valence-electron chi connectivity index (χ0n) is 11.5. The molecule has 1 heterocycles. The van der Waals surface area contributed by atoms with Crippen molar-refractivity contribution in [3.8, 4) is 0 Å². The van der Waals surface area contributed by atoms with Gasteiger partial charge >= 0.3 is 0 Å². The van der Waals surface area contributed by atoms with Crippen LogP contribution in [0.5, 0.6) is 0 Å². The van der Waals surface area contributed by atoms with Crippen LogP contribution >= 0.6 is 11.3 Å². The van der Waals surface area contributed by atoms with Gasteiger partial charge < -0.3 is 10.1 Å². The predicted molar refractivity (Wildman–Crippen MR) is 76.2 cm³/mol. The van der Waals surface area contributed by atoms with Gasteiger partial charge in [-0.3, -0.25) is 0 Å². The lowest BCUT2D eigenvalue weighted by molar-refractivity contribution is -0.103. The van der Waals surface area contributed by atoms with E-state index in [0.29, 0.717) is 0 Å². The lowest BCUT2D eigenvalue weighted by Gasteiger charge is -2.42. The fourth-order valence-electron chi connectivity index (χ4n) is 2.46. The first-order chi connectivity index (χ1) is 8.76. The van der Waals surface area contributed by atoms with Crippen LogP contribution in [0.4, 0.5) is 0 Å². The quantitative estimate of drug-likeness (QED) is 0.736. The van der Waals surface area contributed by atoms with E-state index in [0.717, 1.165) is 32.5 Å². The number of nitrogens with one attached hydrogen (secondary N) is 1. The second-order valence-corrected chi connectivity index (χ2v) is 6.04. The van der Waals surface area contributed by atoms with Crippen molar-refractivity contribution in [2.24, 2.45) is 0 Å². The summed E-state index contributed by atoms with van der Waals surface area (Å²) in [6, 6.07) is 0. The van der Waals surface area contributed by atoms with Crippen molar-refractivity contribution in [2.75, 3.05) is 19.7 Å². The Kier molecular flexibility index (Phi) is 5.15. The number of hydrogen-bond acceptors (Lipinski definition) is 4. The molecule has 102 valence electrons. The molecule has 0 spiro atoms. The topological polar surface area (TPSA) is 34.1 Å². The van der Waals surface area contributed by atoms with Crippen molar-refractivity contribution in [3.63, 3.8) is 0 Å². The van der Waals surface area contributed by atoms with E-state index in [1.54, 1.807) is 11.3 Å². The third kappa shape index (κ3) is 3.53. The number of ether oxygens (including phenoxy) is 1. The van der Waals surface area contributed by atoms with Crippen LogP contribution in [0.3, 0.4) is 0 Å². The summed E-state index contributed by atoms with van der Waals surface area (Å²) in [4.78, 5) is 5.65. The van der Waals surface area contributed by atoms with Crippen molar-refractivity contribution in [3.05, 3.63) is 16.1 Å². The Bertz CT molecular complexity index is 360. The van der Waals surface area contributed by atoms with E-state index in [-0.39, 0.29) is 5.60 Å². The molecule has 0 saturated heterocycles. The van der Waals surface area contributed by atoms with Gasteiger partial charge in [-0.2, -0.15) is 0 Å². The summed E-state index contributed by atoms with van der Waals surface area (Å²) < 4.78 is 6.18. The van der Waals surface area contributed by atoms with Crippen molar-refractivity contribution >= 4 is 11.3 Å². The highest BCUT2D eigenvalue weighted by Gasteiger charge is 2.37. The van der Waals surface area contributed by atoms with Crippen molar-refractivity contribution in [1.29, 1.82) is 0 Å². The summed E-state index contributed by atoms with van der Waals surface area (Å²) in [5, 5.41) is 3.40. The molecule has 1 fully saturated rings. The first kappa shape index (κ1) is 14.0. The second-order valence-electron chi connectivity index (χ2n) is 5.10. The minimum atomic E-state index is 0.181. The highest BCUT2D eigenvalue weighted by Crippen LogP contribution is 2.38. The fraction of sp³-hybridized carbons (Fsp3) is 0.786. The van der Waals surface area contributed by atoms with Crippen molar-refractivity contribution in [1.82, 2.24) is 10.3 Å². The van der Waals surface area contributed by atoms with Crippen LogP contribution in [0.2, 0.25) is 0 Å². The van der Waals surface area contributed by atoms with Gasteiger partial charge in [0.2, 0.25) is 0 Å². The number of aromatic nitrogens is 1. The molecule has 0 atom stereocenters. The molecule has 2 rings (SSSR count). The first-order valence-electron chi connectivity index (χ1n) is 6.99. The van der Waals surface area contributed by atoms with Gasteiger partial charge in [-0.05, 0) is 45.7 Å². The third-order valence-electron chi connectivity index (χ3n) is 3.85. The highest BCUT2D eigenvalue weighted by atomic mass is 32.1. The van der Waals surface area contributed by atoms with E-state index >= 15 is 0 Å². The van der Waals surface area contributed by atoms with E-state index in [9.17, 15) is 0 Å². The van der Waals surface area contributed by atoms with E-state index in [4.69, 9.17) is 4.74 Å². The van der Waals surface area contributed by atoms with Crippen LogP contribution in [0, 0.1) is 6.92 Å². The maximum Gasteiger partial charge on any atom is 0.0797 e. The molecule has 0 bridgehead atoms. The molecule has 18 heavy (non-hydrogen) atoms. The van der Waals surface area contributed by atoms with Gasteiger partial charge in [-0.15, -0.1) is 11.3 Å². The van der Waals surface area contributed by atoms with Gasteiger partial charge in [-0.25, -0.2) is 4.98 Å². The minimum Gasteiger partial charge on any atom is -0.375 e. The monoisotopic (exact) mass is 268 g/mol. The Labute approximate surface area is 114 Å². The summed E-state index contributed by atoms with van der Waals surface area (Å²) in [6.07, 6.45) is 5.97. The zero-order valence-corrected chi connectivity index (χ0v) is 12.3. The van der Waals surface area contributed by atoms with Gasteiger partial charge in [0.25, 0.3) is 0 Å². The fourth-order valence-corrected chi connectivity index (χ4v) is 3.22. The average molecular weight is 268 g/mol. The summed E-state index contributed by atoms with van der Waals surface area (Å²) >= 11 is 1.74. The number of nitrogens with zero attached hydrogens (tertiary/aromatic N) is 1. The maximum absolute atomic E-state index is 6.18. The van der Waals surface area contributed by atoms with Crippen LogP contribution in [-0.4, -0.2) is 30.3 Å². The standard InChI is InChI=1S/C14H24N2OS/c1-3-15-9-8-14(6-4-7-14)17-10-5-13-12(2)16-11-18-13/h11,15H,3-10H2,1-2H3. The lowest BCUT2D eigenvalue weighted by Crippen LogP contribution is -2.43. The summed E-state index contributed by atoms with van der Waals surface area (Å²) in [7, 11) is 0. The lowest BCUT2D eigenvalue weighted by atomic mass is 9.77. The molecule has 1 aliphatic carbocycles. The molecule has 1 saturated carbocycles. The number of rotatable bonds is 8. The third-order valence-corrected chi connectivity index (χ3v) is 4.85. The van der Waals surface area contributed by atoms with Crippen LogP contribution in [0.1, 0.15) is 43.2 Å². The Morgan fingerprint density at radius 2 is 2.33 bits per heavy atom. The van der Waals surface area contributed by atoms with E-state index in [1.807, 2.05) is 5.51 Å². The Balaban J connectivity index is 1.72. The molecule has 3 nitrogen and oxygen atoms in total. The van der Waals surface area contributed by atoms with Gasteiger partial charge in [0.05, 0.1) is 23.4 Å². The van der Waals surface area contributed by atoms with Gasteiger partial charge in [0.1, 0.15) is 0 Å². The average Bonchev–Trinajstić information content (AvgIpc) is 2.71. The highest BCUT2D eigenvalue weighted by molar-refractivity contribution is 7.09. The van der Waals surface area contributed by atoms with Crippen LogP contribution in [-0.2, 0) is 11.2 Å².